The monoisotopic (exact) mass is 468 g/mol. The number of likely N-dealkylation sites (tertiary alicyclic amines) is 1. The van der Waals surface area contributed by atoms with E-state index in [0.29, 0.717) is 11.3 Å². The third-order valence-corrected chi connectivity index (χ3v) is 7.58. The molecule has 0 unspecified atom stereocenters. The summed E-state index contributed by atoms with van der Waals surface area (Å²) in [5, 5.41) is 0. The van der Waals surface area contributed by atoms with E-state index in [1.807, 2.05) is 13.2 Å². The van der Waals surface area contributed by atoms with Crippen LogP contribution in [0, 0.1) is 6.92 Å². The molecule has 1 saturated heterocycles. The van der Waals surface area contributed by atoms with Gasteiger partial charge in [0, 0.05) is 28.1 Å². The topological polar surface area (TPSA) is 66.5 Å². The second-order valence-electron chi connectivity index (χ2n) is 6.43. The van der Waals surface area contributed by atoms with E-state index in [2.05, 4.69) is 20.7 Å². The number of amides is 1. The minimum atomic E-state index is -3.79. The predicted molar refractivity (Wildman–Crippen MR) is 113 cm³/mol. The summed E-state index contributed by atoms with van der Waals surface area (Å²) in [7, 11) is -3.79. The number of carbonyl (C=O) groups excluding carboxylic acids is 1. The van der Waals surface area contributed by atoms with E-state index in [4.69, 9.17) is 0 Å². The molecule has 0 aliphatic carbocycles. The summed E-state index contributed by atoms with van der Waals surface area (Å²) in [5.74, 6) is -0.103. The Hall–Kier alpha value is -1.51. The molecule has 27 heavy (non-hydrogen) atoms. The van der Waals surface area contributed by atoms with Crippen molar-refractivity contribution in [1.29, 1.82) is 0 Å². The molecule has 1 aliphatic rings. The number of thioether (sulfide) groups is 1. The van der Waals surface area contributed by atoms with Crippen LogP contribution in [0.3, 0.4) is 0 Å². The highest BCUT2D eigenvalue weighted by molar-refractivity contribution is 9.10. The molecule has 0 bridgehead atoms. The number of benzene rings is 2. The number of nitrogens with one attached hydrogen (secondary N) is 1. The summed E-state index contributed by atoms with van der Waals surface area (Å²) in [6.45, 7) is 3.34. The minimum absolute atomic E-state index is 0.0865. The molecule has 0 radical (unpaired) electrons. The number of nitrogens with zero attached hydrogens (tertiary/aromatic N) is 1. The highest BCUT2D eigenvalue weighted by Crippen LogP contribution is 2.28. The van der Waals surface area contributed by atoms with E-state index < -0.39 is 10.0 Å². The summed E-state index contributed by atoms with van der Waals surface area (Å²) in [4.78, 5) is 15.5. The van der Waals surface area contributed by atoms with Crippen LogP contribution in [0.4, 0.5) is 5.69 Å². The van der Waals surface area contributed by atoms with Crippen LogP contribution in [0.25, 0.3) is 0 Å². The van der Waals surface area contributed by atoms with E-state index in [1.165, 1.54) is 17.8 Å². The van der Waals surface area contributed by atoms with Crippen LogP contribution in [0.1, 0.15) is 28.8 Å². The summed E-state index contributed by atoms with van der Waals surface area (Å²) in [6.07, 6.45) is 3.86. The second-order valence-corrected chi connectivity index (χ2v) is 9.82. The predicted octanol–water partition coefficient (Wildman–Crippen LogP) is 4.52. The number of carbonyl (C=O) groups is 1. The molecule has 0 saturated carbocycles. The van der Waals surface area contributed by atoms with Gasteiger partial charge in [0.25, 0.3) is 15.9 Å². The van der Waals surface area contributed by atoms with Gasteiger partial charge in [-0.05, 0) is 68.0 Å². The average Bonchev–Trinajstić information content (AvgIpc) is 3.18. The Morgan fingerprint density at radius 1 is 1.15 bits per heavy atom. The lowest BCUT2D eigenvalue weighted by molar-refractivity contribution is 0.0789. The van der Waals surface area contributed by atoms with Gasteiger partial charge in [0.2, 0.25) is 0 Å². The zero-order valence-electron chi connectivity index (χ0n) is 15.2. The van der Waals surface area contributed by atoms with Gasteiger partial charge in [0.05, 0.1) is 10.5 Å². The molecule has 0 aromatic heterocycles. The molecule has 144 valence electrons. The van der Waals surface area contributed by atoms with Crippen LogP contribution < -0.4 is 4.72 Å². The Morgan fingerprint density at radius 3 is 2.48 bits per heavy atom. The standard InChI is InChI=1S/C19H21BrN2O3S2/c1-13-11-14(5-7-17(13)20)21-27(24,25)15-6-8-18(26-2)16(12-15)19(23)22-9-3-4-10-22/h5-8,11-12,21H,3-4,9-10H2,1-2H3. The maximum Gasteiger partial charge on any atom is 0.261 e. The molecule has 1 amide bonds. The molecule has 8 heteroatoms. The van der Waals surface area contributed by atoms with Gasteiger partial charge < -0.3 is 4.90 Å². The molecule has 1 aliphatic heterocycles. The van der Waals surface area contributed by atoms with Crippen molar-refractivity contribution in [2.24, 2.45) is 0 Å². The van der Waals surface area contributed by atoms with Crippen molar-refractivity contribution in [3.05, 3.63) is 52.0 Å². The third kappa shape index (κ3) is 4.50. The van der Waals surface area contributed by atoms with Crippen molar-refractivity contribution >= 4 is 49.3 Å². The zero-order valence-corrected chi connectivity index (χ0v) is 18.4. The van der Waals surface area contributed by atoms with Crippen LogP contribution in [-0.4, -0.2) is 38.6 Å². The van der Waals surface area contributed by atoms with Crippen LogP contribution in [-0.2, 0) is 10.0 Å². The number of aryl methyl sites for hydroxylation is 1. The van der Waals surface area contributed by atoms with Crippen molar-refractivity contribution in [1.82, 2.24) is 4.90 Å². The lowest BCUT2D eigenvalue weighted by atomic mass is 10.2. The van der Waals surface area contributed by atoms with Crippen LogP contribution in [0.2, 0.25) is 0 Å². The van der Waals surface area contributed by atoms with E-state index in [1.54, 1.807) is 35.2 Å². The fourth-order valence-electron chi connectivity index (χ4n) is 3.03. The van der Waals surface area contributed by atoms with Gasteiger partial charge in [-0.2, -0.15) is 0 Å². The van der Waals surface area contributed by atoms with Gasteiger partial charge >= 0.3 is 0 Å². The van der Waals surface area contributed by atoms with Gasteiger partial charge in [-0.25, -0.2) is 8.42 Å². The maximum atomic E-state index is 12.8. The molecule has 0 spiro atoms. The summed E-state index contributed by atoms with van der Waals surface area (Å²) >= 11 is 4.85. The number of halogens is 1. The number of hydrogen-bond acceptors (Lipinski definition) is 4. The fraction of sp³-hybridized carbons (Fsp3) is 0.316. The Bertz CT molecular complexity index is 971. The second kappa shape index (κ2) is 8.24. The Balaban J connectivity index is 1.94. The first kappa shape index (κ1) is 20.2. The Morgan fingerprint density at radius 2 is 1.85 bits per heavy atom. The zero-order chi connectivity index (χ0) is 19.6. The molecule has 5 nitrogen and oxygen atoms in total. The van der Waals surface area contributed by atoms with Crippen molar-refractivity contribution < 1.29 is 13.2 Å². The van der Waals surface area contributed by atoms with Gasteiger partial charge in [0.15, 0.2) is 0 Å². The first-order chi connectivity index (χ1) is 12.8. The summed E-state index contributed by atoms with van der Waals surface area (Å²) < 4.78 is 29.2. The maximum absolute atomic E-state index is 12.8. The van der Waals surface area contributed by atoms with E-state index in [0.717, 1.165) is 40.9 Å². The molecule has 1 heterocycles. The average molecular weight is 469 g/mol. The van der Waals surface area contributed by atoms with Gasteiger partial charge in [0.1, 0.15) is 0 Å². The highest BCUT2D eigenvalue weighted by Gasteiger charge is 2.24. The molecular formula is C19H21BrN2O3S2. The summed E-state index contributed by atoms with van der Waals surface area (Å²) in [6, 6.07) is 9.98. The SMILES string of the molecule is CSc1ccc(S(=O)(=O)Nc2ccc(Br)c(C)c2)cc1C(=O)N1CCCC1. The quantitative estimate of drug-likeness (QED) is 0.655. The first-order valence-electron chi connectivity index (χ1n) is 8.58. The molecule has 1 fully saturated rings. The van der Waals surface area contributed by atoms with Crippen molar-refractivity contribution in [3.63, 3.8) is 0 Å². The number of rotatable bonds is 5. The van der Waals surface area contributed by atoms with E-state index >= 15 is 0 Å². The third-order valence-electron chi connectivity index (χ3n) is 4.52. The van der Waals surface area contributed by atoms with E-state index in [-0.39, 0.29) is 10.8 Å². The van der Waals surface area contributed by atoms with Gasteiger partial charge in [-0.15, -0.1) is 11.8 Å². The van der Waals surface area contributed by atoms with Crippen LogP contribution in [0.15, 0.2) is 50.7 Å². The normalized spacial score (nSPS) is 14.4. The van der Waals surface area contributed by atoms with Crippen molar-refractivity contribution in [2.45, 2.75) is 29.6 Å². The first-order valence-corrected chi connectivity index (χ1v) is 12.1. The van der Waals surface area contributed by atoms with Crippen LogP contribution in [0.5, 0.6) is 0 Å². The molecule has 1 N–H and O–H groups in total. The summed E-state index contributed by atoms with van der Waals surface area (Å²) in [5.41, 5.74) is 1.86. The molecular weight excluding hydrogens is 448 g/mol. The van der Waals surface area contributed by atoms with Crippen LogP contribution >= 0.6 is 27.7 Å². The fourth-order valence-corrected chi connectivity index (χ4v) is 4.93. The Kier molecular flexibility index (Phi) is 6.18. The lowest BCUT2D eigenvalue weighted by Crippen LogP contribution is -2.28. The molecule has 2 aromatic carbocycles. The van der Waals surface area contributed by atoms with Crippen molar-refractivity contribution in [3.8, 4) is 0 Å². The largest absolute Gasteiger partial charge is 0.339 e. The smallest absolute Gasteiger partial charge is 0.261 e. The van der Waals surface area contributed by atoms with E-state index in [9.17, 15) is 13.2 Å². The van der Waals surface area contributed by atoms with Gasteiger partial charge in [-0.1, -0.05) is 15.9 Å². The van der Waals surface area contributed by atoms with Gasteiger partial charge in [-0.3, -0.25) is 9.52 Å². The van der Waals surface area contributed by atoms with Crippen molar-refractivity contribution in [2.75, 3.05) is 24.1 Å². The molecule has 2 aromatic rings. The highest BCUT2D eigenvalue weighted by atomic mass is 79.9. The number of sulfonamides is 1. The number of hydrogen-bond donors (Lipinski definition) is 1. The Labute approximate surface area is 172 Å². The molecule has 3 rings (SSSR count). The lowest BCUT2D eigenvalue weighted by Gasteiger charge is -2.18. The molecule has 0 atom stereocenters. The number of anilines is 1. The minimum Gasteiger partial charge on any atom is -0.339 e.